The first-order valence-corrected chi connectivity index (χ1v) is 9.35. The van der Waals surface area contributed by atoms with Crippen molar-refractivity contribution in [2.75, 3.05) is 16.8 Å². The van der Waals surface area contributed by atoms with Crippen molar-refractivity contribution in [3.05, 3.63) is 95.1 Å². The molecular weight excluding hydrogens is 348 g/mol. The second kappa shape index (κ2) is 8.53. The van der Waals surface area contributed by atoms with Gasteiger partial charge in [0.05, 0.1) is 0 Å². The normalized spacial score (nSPS) is 10.4. The Balaban J connectivity index is 1.84. The van der Waals surface area contributed by atoms with E-state index in [4.69, 9.17) is 0 Å². The highest BCUT2D eigenvalue weighted by molar-refractivity contribution is 6.09. The molecule has 0 radical (unpaired) electrons. The van der Waals surface area contributed by atoms with Crippen LogP contribution in [0.5, 0.6) is 0 Å². The number of amides is 2. The van der Waals surface area contributed by atoms with Crippen molar-refractivity contribution in [3.8, 4) is 0 Å². The van der Waals surface area contributed by atoms with E-state index < -0.39 is 0 Å². The van der Waals surface area contributed by atoms with Crippen LogP contribution in [0.2, 0.25) is 0 Å². The van der Waals surface area contributed by atoms with Crippen LogP contribution in [0.3, 0.4) is 0 Å². The Morgan fingerprint density at radius 3 is 2.25 bits per heavy atom. The van der Waals surface area contributed by atoms with Crippen molar-refractivity contribution in [3.63, 3.8) is 0 Å². The molecule has 0 aliphatic heterocycles. The van der Waals surface area contributed by atoms with Gasteiger partial charge in [0.25, 0.3) is 11.8 Å². The van der Waals surface area contributed by atoms with Gasteiger partial charge in [0.1, 0.15) is 0 Å². The summed E-state index contributed by atoms with van der Waals surface area (Å²) in [6, 6.07) is 22.2. The fourth-order valence-corrected chi connectivity index (χ4v) is 3.08. The Labute approximate surface area is 165 Å². The number of nitrogens with zero attached hydrogens (tertiary/aromatic N) is 1. The minimum Gasteiger partial charge on any atom is -0.322 e. The van der Waals surface area contributed by atoms with Gasteiger partial charge in [-0.3, -0.25) is 9.59 Å². The fourth-order valence-electron chi connectivity index (χ4n) is 3.08. The van der Waals surface area contributed by atoms with E-state index in [1.807, 2.05) is 69.3 Å². The van der Waals surface area contributed by atoms with Crippen molar-refractivity contribution in [1.82, 2.24) is 0 Å². The number of carbonyl (C=O) groups excluding carboxylic acids is 2. The van der Waals surface area contributed by atoms with E-state index >= 15 is 0 Å². The molecule has 4 heteroatoms. The number of aryl methyl sites for hydroxylation is 1. The Hall–Kier alpha value is -3.40. The molecule has 3 rings (SSSR count). The molecule has 0 unspecified atom stereocenters. The zero-order valence-corrected chi connectivity index (χ0v) is 16.4. The van der Waals surface area contributed by atoms with Crippen LogP contribution in [-0.4, -0.2) is 18.4 Å². The fraction of sp³-hybridized carbons (Fsp3) is 0.167. The third kappa shape index (κ3) is 4.12. The molecule has 1 N–H and O–H groups in total. The largest absolute Gasteiger partial charge is 0.322 e. The standard InChI is InChI=1S/C24H24N2O2/c1-4-26(21-13-6-5-7-14-21)24(28)20-12-9-11-19(16-20)23(27)25-22-15-8-10-17(2)18(22)3/h5-16H,4H2,1-3H3,(H,25,27). The van der Waals surface area contributed by atoms with Crippen LogP contribution in [0.15, 0.2) is 72.8 Å². The van der Waals surface area contributed by atoms with E-state index in [0.29, 0.717) is 17.7 Å². The molecule has 4 nitrogen and oxygen atoms in total. The van der Waals surface area contributed by atoms with Crippen molar-refractivity contribution < 1.29 is 9.59 Å². The minimum atomic E-state index is -0.230. The molecule has 0 saturated heterocycles. The van der Waals surface area contributed by atoms with Crippen molar-refractivity contribution >= 4 is 23.2 Å². The van der Waals surface area contributed by atoms with Gasteiger partial charge in [-0.2, -0.15) is 0 Å². The summed E-state index contributed by atoms with van der Waals surface area (Å²) in [5.41, 5.74) is 4.70. The third-order valence-electron chi connectivity index (χ3n) is 4.85. The van der Waals surface area contributed by atoms with Crippen molar-refractivity contribution in [2.45, 2.75) is 20.8 Å². The summed E-state index contributed by atoms with van der Waals surface area (Å²) in [5.74, 6) is -0.360. The maximum atomic E-state index is 13.0. The van der Waals surface area contributed by atoms with Gasteiger partial charge < -0.3 is 10.2 Å². The van der Waals surface area contributed by atoms with Gasteiger partial charge in [-0.05, 0) is 68.3 Å². The predicted octanol–water partition coefficient (Wildman–Crippen LogP) is 5.22. The Morgan fingerprint density at radius 1 is 0.857 bits per heavy atom. The molecule has 0 aromatic heterocycles. The molecule has 0 aliphatic rings. The lowest BCUT2D eigenvalue weighted by molar-refractivity contribution is 0.0988. The highest BCUT2D eigenvalue weighted by atomic mass is 16.2. The molecule has 0 aliphatic carbocycles. The number of nitrogens with one attached hydrogen (secondary N) is 1. The van der Waals surface area contributed by atoms with E-state index in [2.05, 4.69) is 5.32 Å². The number of rotatable bonds is 5. The van der Waals surface area contributed by atoms with Crippen molar-refractivity contribution in [1.29, 1.82) is 0 Å². The van der Waals surface area contributed by atoms with E-state index in [0.717, 1.165) is 22.5 Å². The topological polar surface area (TPSA) is 49.4 Å². The Morgan fingerprint density at radius 2 is 1.54 bits per heavy atom. The van der Waals surface area contributed by atoms with Crippen LogP contribution in [0.25, 0.3) is 0 Å². The van der Waals surface area contributed by atoms with Crippen LogP contribution in [0, 0.1) is 13.8 Å². The van der Waals surface area contributed by atoms with Crippen LogP contribution >= 0.6 is 0 Å². The number of hydrogen-bond acceptors (Lipinski definition) is 2. The van der Waals surface area contributed by atoms with Crippen LogP contribution in [0.1, 0.15) is 38.8 Å². The van der Waals surface area contributed by atoms with Gasteiger partial charge >= 0.3 is 0 Å². The SMILES string of the molecule is CCN(C(=O)c1cccc(C(=O)Nc2cccc(C)c2C)c1)c1ccccc1. The number of hydrogen-bond donors (Lipinski definition) is 1. The monoisotopic (exact) mass is 372 g/mol. The van der Waals surface area contributed by atoms with E-state index in [1.165, 1.54) is 0 Å². The van der Waals surface area contributed by atoms with Gasteiger partial charge in [-0.1, -0.05) is 36.4 Å². The summed E-state index contributed by atoms with van der Waals surface area (Å²) in [6.07, 6.45) is 0. The zero-order chi connectivity index (χ0) is 20.1. The average Bonchev–Trinajstić information content (AvgIpc) is 2.72. The number of benzene rings is 3. The third-order valence-corrected chi connectivity index (χ3v) is 4.85. The van der Waals surface area contributed by atoms with E-state index in [-0.39, 0.29) is 11.8 Å². The minimum absolute atomic E-state index is 0.130. The molecule has 142 valence electrons. The second-order valence-electron chi connectivity index (χ2n) is 6.67. The van der Waals surface area contributed by atoms with Gasteiger partial charge in [0.2, 0.25) is 0 Å². The Bertz CT molecular complexity index is 996. The van der Waals surface area contributed by atoms with Gasteiger partial charge in [-0.25, -0.2) is 0 Å². The highest BCUT2D eigenvalue weighted by Crippen LogP contribution is 2.20. The average molecular weight is 372 g/mol. The summed E-state index contributed by atoms with van der Waals surface area (Å²) in [7, 11) is 0. The van der Waals surface area contributed by atoms with Gasteiger partial charge in [0, 0.05) is 29.0 Å². The van der Waals surface area contributed by atoms with Crippen LogP contribution < -0.4 is 10.2 Å². The summed E-state index contributed by atoms with van der Waals surface area (Å²) in [6.45, 7) is 6.46. The highest BCUT2D eigenvalue weighted by Gasteiger charge is 2.17. The maximum absolute atomic E-state index is 13.0. The molecule has 0 atom stereocenters. The number of para-hydroxylation sites is 1. The number of anilines is 2. The summed E-state index contributed by atoms with van der Waals surface area (Å²) >= 11 is 0. The first kappa shape index (κ1) is 19.4. The quantitative estimate of drug-likeness (QED) is 0.667. The smallest absolute Gasteiger partial charge is 0.258 e. The second-order valence-corrected chi connectivity index (χ2v) is 6.67. The van der Waals surface area contributed by atoms with Gasteiger partial charge in [-0.15, -0.1) is 0 Å². The lowest BCUT2D eigenvalue weighted by atomic mass is 10.1. The molecule has 0 fully saturated rings. The number of carbonyl (C=O) groups is 2. The van der Waals surface area contributed by atoms with Crippen molar-refractivity contribution in [2.24, 2.45) is 0 Å². The predicted molar refractivity (Wildman–Crippen MR) is 114 cm³/mol. The van der Waals surface area contributed by atoms with Crippen LogP contribution in [-0.2, 0) is 0 Å². The molecule has 3 aromatic rings. The molecule has 0 bridgehead atoms. The summed E-state index contributed by atoms with van der Waals surface area (Å²) in [5, 5.41) is 2.94. The summed E-state index contributed by atoms with van der Waals surface area (Å²) in [4.78, 5) is 27.4. The molecule has 2 amide bonds. The Kier molecular flexibility index (Phi) is 5.90. The van der Waals surface area contributed by atoms with E-state index in [9.17, 15) is 9.59 Å². The van der Waals surface area contributed by atoms with Crippen LogP contribution in [0.4, 0.5) is 11.4 Å². The lowest BCUT2D eigenvalue weighted by Crippen LogP contribution is -2.30. The van der Waals surface area contributed by atoms with Gasteiger partial charge in [0.15, 0.2) is 0 Å². The molecule has 0 saturated carbocycles. The lowest BCUT2D eigenvalue weighted by Gasteiger charge is -2.21. The molecule has 0 heterocycles. The maximum Gasteiger partial charge on any atom is 0.258 e. The van der Waals surface area contributed by atoms with E-state index in [1.54, 1.807) is 29.2 Å². The first-order chi connectivity index (χ1) is 13.5. The molecular formula is C24H24N2O2. The molecule has 0 spiro atoms. The first-order valence-electron chi connectivity index (χ1n) is 9.35. The molecule has 3 aromatic carbocycles. The zero-order valence-electron chi connectivity index (χ0n) is 16.4. The molecule has 28 heavy (non-hydrogen) atoms. The summed E-state index contributed by atoms with van der Waals surface area (Å²) < 4.78 is 0.